The number of carbonyl (C=O) groups is 1. The third-order valence-electron chi connectivity index (χ3n) is 2.62. The Bertz CT molecular complexity index is 407. The van der Waals surface area contributed by atoms with Gasteiger partial charge in [-0.05, 0) is 32.9 Å². The molecule has 0 bridgehead atoms. The van der Waals surface area contributed by atoms with Gasteiger partial charge in [0, 0.05) is 6.42 Å². The fourth-order valence-corrected chi connectivity index (χ4v) is 1.78. The number of ether oxygens (including phenoxy) is 2. The van der Waals surface area contributed by atoms with Crippen molar-refractivity contribution in [3.05, 3.63) is 29.8 Å². The van der Waals surface area contributed by atoms with E-state index in [1.165, 1.54) is 12.0 Å². The van der Waals surface area contributed by atoms with Gasteiger partial charge in [0.2, 0.25) is 0 Å². The van der Waals surface area contributed by atoms with Crippen LogP contribution < -0.4 is 4.74 Å². The summed E-state index contributed by atoms with van der Waals surface area (Å²) in [6.45, 7) is 10.0. The van der Waals surface area contributed by atoms with Crippen molar-refractivity contribution in [2.45, 2.75) is 59.2 Å². The highest BCUT2D eigenvalue weighted by molar-refractivity contribution is 5.77. The molecule has 3 heteroatoms. The molecule has 3 nitrogen and oxygen atoms in total. The minimum atomic E-state index is -0.474. The Labute approximate surface area is 115 Å². The van der Waals surface area contributed by atoms with Crippen LogP contribution in [0.15, 0.2) is 24.3 Å². The molecule has 1 aromatic carbocycles. The van der Waals surface area contributed by atoms with E-state index in [1.54, 1.807) is 0 Å². The van der Waals surface area contributed by atoms with Crippen molar-refractivity contribution < 1.29 is 14.3 Å². The highest BCUT2D eigenvalue weighted by Crippen LogP contribution is 2.28. The quantitative estimate of drug-likeness (QED) is 0.760. The molecule has 1 aromatic rings. The molecule has 0 spiro atoms. The van der Waals surface area contributed by atoms with Crippen molar-refractivity contribution in [3.8, 4) is 5.75 Å². The van der Waals surface area contributed by atoms with Crippen LogP contribution in [0.25, 0.3) is 0 Å². The van der Waals surface area contributed by atoms with Crippen LogP contribution in [0.2, 0.25) is 0 Å². The average molecular weight is 264 g/mol. The van der Waals surface area contributed by atoms with Gasteiger partial charge in [0.1, 0.15) is 11.4 Å². The van der Waals surface area contributed by atoms with E-state index in [1.807, 2.05) is 45.0 Å². The smallest absolute Gasteiger partial charge is 0.348 e. The molecule has 2 rings (SSSR count). The van der Waals surface area contributed by atoms with E-state index in [0.717, 1.165) is 0 Å². The van der Waals surface area contributed by atoms with Crippen LogP contribution in [0.1, 0.15) is 46.1 Å². The molecule has 19 heavy (non-hydrogen) atoms. The Morgan fingerprint density at radius 2 is 1.79 bits per heavy atom. The van der Waals surface area contributed by atoms with Crippen LogP contribution >= 0.6 is 0 Å². The highest BCUT2D eigenvalue weighted by Gasteiger charge is 2.41. The summed E-state index contributed by atoms with van der Waals surface area (Å²) >= 11 is 0. The lowest BCUT2D eigenvalue weighted by molar-refractivity contribution is -0.150. The van der Waals surface area contributed by atoms with E-state index in [2.05, 4.69) is 13.8 Å². The predicted molar refractivity (Wildman–Crippen MR) is 76.3 cm³/mol. The first kappa shape index (κ1) is 15.5. The maximum absolute atomic E-state index is 11.5. The van der Waals surface area contributed by atoms with E-state index >= 15 is 0 Å². The molecule has 1 atom stereocenters. The summed E-state index contributed by atoms with van der Waals surface area (Å²) in [5.41, 5.74) is 0.758. The summed E-state index contributed by atoms with van der Waals surface area (Å²) < 4.78 is 10.8. The number of hydrogen-bond acceptors (Lipinski definition) is 3. The van der Waals surface area contributed by atoms with Gasteiger partial charge in [0.15, 0.2) is 6.10 Å². The van der Waals surface area contributed by atoms with Crippen LogP contribution in [0.4, 0.5) is 0 Å². The molecule has 106 valence electrons. The van der Waals surface area contributed by atoms with Crippen molar-refractivity contribution in [3.63, 3.8) is 0 Å². The van der Waals surface area contributed by atoms with Crippen LogP contribution in [0, 0.1) is 6.92 Å². The lowest BCUT2D eigenvalue weighted by Crippen LogP contribution is -2.22. The van der Waals surface area contributed by atoms with Gasteiger partial charge in [-0.15, -0.1) is 0 Å². The summed E-state index contributed by atoms with van der Waals surface area (Å²) in [5, 5.41) is 0. The molecule has 1 fully saturated rings. The van der Waals surface area contributed by atoms with Gasteiger partial charge in [-0.3, -0.25) is 0 Å². The molecule has 1 aliphatic rings. The van der Waals surface area contributed by atoms with Gasteiger partial charge < -0.3 is 9.47 Å². The number of cyclic esters (lactones) is 1. The minimum absolute atomic E-state index is 0.273. The normalized spacial score (nSPS) is 20.3. The van der Waals surface area contributed by atoms with E-state index in [4.69, 9.17) is 9.47 Å². The summed E-state index contributed by atoms with van der Waals surface area (Å²) in [6, 6.07) is 7.66. The number of esters is 1. The number of aryl methyl sites for hydroxylation is 1. The van der Waals surface area contributed by atoms with Gasteiger partial charge in [0.05, 0.1) is 0 Å². The Hall–Kier alpha value is -1.51. The Balaban J connectivity index is 0.000000550. The van der Waals surface area contributed by atoms with Crippen LogP contribution in [0.5, 0.6) is 5.75 Å². The van der Waals surface area contributed by atoms with Crippen LogP contribution in [-0.4, -0.2) is 17.7 Å². The Kier molecular flexibility index (Phi) is 5.40. The van der Waals surface area contributed by atoms with Crippen molar-refractivity contribution in [2.75, 3.05) is 0 Å². The van der Waals surface area contributed by atoms with E-state index in [9.17, 15) is 4.79 Å². The Morgan fingerprint density at radius 3 is 2.21 bits per heavy atom. The first-order valence-electron chi connectivity index (χ1n) is 6.84. The first-order chi connectivity index (χ1) is 8.88. The van der Waals surface area contributed by atoms with Gasteiger partial charge in [0.25, 0.3) is 0 Å². The lowest BCUT2D eigenvalue weighted by Gasteiger charge is -2.14. The number of rotatable bonds is 2. The van der Waals surface area contributed by atoms with Gasteiger partial charge in [-0.25, -0.2) is 4.79 Å². The molecule has 1 aliphatic heterocycles. The maximum Gasteiger partial charge on any atom is 0.348 e. The van der Waals surface area contributed by atoms with E-state index in [-0.39, 0.29) is 5.97 Å². The average Bonchev–Trinajstić information content (AvgIpc) is 2.56. The zero-order valence-electron chi connectivity index (χ0n) is 12.5. The minimum Gasteiger partial charge on any atom is -0.479 e. The van der Waals surface area contributed by atoms with Gasteiger partial charge in [-0.2, -0.15) is 0 Å². The van der Waals surface area contributed by atoms with Gasteiger partial charge in [-0.1, -0.05) is 38.0 Å². The van der Waals surface area contributed by atoms with Crippen molar-refractivity contribution in [1.29, 1.82) is 0 Å². The topological polar surface area (TPSA) is 35.5 Å². The molecule has 0 aromatic heterocycles. The monoisotopic (exact) mass is 264 g/mol. The van der Waals surface area contributed by atoms with E-state index in [0.29, 0.717) is 12.2 Å². The second-order valence-corrected chi connectivity index (χ2v) is 5.51. The summed E-state index contributed by atoms with van der Waals surface area (Å²) in [4.78, 5) is 11.5. The van der Waals surface area contributed by atoms with Crippen molar-refractivity contribution in [2.24, 2.45) is 0 Å². The molecule has 0 saturated carbocycles. The second kappa shape index (κ2) is 6.60. The summed E-state index contributed by atoms with van der Waals surface area (Å²) in [5.74, 6) is 0.441. The largest absolute Gasteiger partial charge is 0.479 e. The summed E-state index contributed by atoms with van der Waals surface area (Å²) in [7, 11) is 0. The fraction of sp³-hybridized carbons (Fsp3) is 0.562. The molecule has 0 amide bonds. The van der Waals surface area contributed by atoms with Crippen LogP contribution in [0.3, 0.4) is 0 Å². The van der Waals surface area contributed by atoms with Crippen molar-refractivity contribution in [1.82, 2.24) is 0 Å². The zero-order valence-corrected chi connectivity index (χ0v) is 12.5. The molecule has 1 saturated heterocycles. The SMILES string of the molecule is CCC.Cc1ccc(OC2CC(C)(C)OC2=O)cc1. The Morgan fingerprint density at radius 1 is 1.26 bits per heavy atom. The first-order valence-corrected chi connectivity index (χ1v) is 6.84. The molecule has 0 aliphatic carbocycles. The fourth-order valence-electron chi connectivity index (χ4n) is 1.78. The number of hydrogen-bond donors (Lipinski definition) is 0. The van der Waals surface area contributed by atoms with Crippen molar-refractivity contribution >= 4 is 5.97 Å². The van der Waals surface area contributed by atoms with E-state index < -0.39 is 11.7 Å². The van der Waals surface area contributed by atoms with Gasteiger partial charge >= 0.3 is 5.97 Å². The molecular formula is C16H24O3. The summed E-state index contributed by atoms with van der Waals surface area (Å²) in [6.07, 6.45) is 1.37. The third kappa shape index (κ3) is 4.93. The molecule has 0 N–H and O–H groups in total. The highest BCUT2D eigenvalue weighted by atomic mass is 16.6. The maximum atomic E-state index is 11.5. The molecule has 1 unspecified atom stereocenters. The number of benzene rings is 1. The molecule has 1 heterocycles. The zero-order chi connectivity index (χ0) is 14.5. The lowest BCUT2D eigenvalue weighted by atomic mass is 10.0. The van der Waals surface area contributed by atoms with Crippen LogP contribution in [-0.2, 0) is 9.53 Å². The number of carbonyl (C=O) groups excluding carboxylic acids is 1. The molecular weight excluding hydrogens is 240 g/mol. The second-order valence-electron chi connectivity index (χ2n) is 5.51. The standard InChI is InChI=1S/C13H16O3.C3H8/c1-9-4-6-10(7-5-9)15-11-8-13(2,3)16-12(11)14;1-3-2/h4-7,11H,8H2,1-3H3;3H2,1-2H3. The molecule has 0 radical (unpaired) electrons. The predicted octanol–water partition coefficient (Wildman–Crippen LogP) is 3.88. The third-order valence-corrected chi connectivity index (χ3v) is 2.62.